The molecule has 0 aliphatic carbocycles. The SMILES string of the molecule is CN=C(NCCc1ccccn1)NCC1(NC(C)c2ccccc2)CCOCC1. The first-order chi connectivity index (χ1) is 14.2. The minimum absolute atomic E-state index is 0.0217. The Morgan fingerprint density at radius 2 is 1.86 bits per heavy atom. The molecule has 1 atom stereocenters. The number of hydrogen-bond acceptors (Lipinski definition) is 4. The quantitative estimate of drug-likeness (QED) is 0.474. The molecule has 1 fully saturated rings. The number of pyridine rings is 1. The molecule has 0 spiro atoms. The van der Waals surface area contributed by atoms with Gasteiger partial charge in [0.1, 0.15) is 0 Å². The number of nitrogens with zero attached hydrogens (tertiary/aromatic N) is 2. The normalized spacial score (nSPS) is 17.5. The fourth-order valence-electron chi connectivity index (χ4n) is 3.75. The zero-order chi connectivity index (χ0) is 20.4. The third kappa shape index (κ3) is 6.54. The topological polar surface area (TPSA) is 70.6 Å². The van der Waals surface area contributed by atoms with Gasteiger partial charge in [-0.3, -0.25) is 9.98 Å². The van der Waals surface area contributed by atoms with Crippen molar-refractivity contribution in [3.8, 4) is 0 Å². The Labute approximate surface area is 174 Å². The summed E-state index contributed by atoms with van der Waals surface area (Å²) in [5.41, 5.74) is 2.36. The first kappa shape index (κ1) is 21.3. The second-order valence-corrected chi connectivity index (χ2v) is 7.59. The molecule has 2 aromatic rings. The van der Waals surface area contributed by atoms with Crippen molar-refractivity contribution in [1.29, 1.82) is 0 Å². The predicted molar refractivity (Wildman–Crippen MR) is 118 cm³/mol. The second-order valence-electron chi connectivity index (χ2n) is 7.59. The molecular weight excluding hydrogens is 362 g/mol. The third-order valence-corrected chi connectivity index (χ3v) is 5.49. The lowest BCUT2D eigenvalue weighted by molar-refractivity contribution is 0.0355. The van der Waals surface area contributed by atoms with E-state index in [4.69, 9.17) is 4.74 Å². The molecule has 3 rings (SSSR count). The van der Waals surface area contributed by atoms with E-state index in [0.29, 0.717) is 0 Å². The molecule has 0 amide bonds. The number of aliphatic imine (C=N–C) groups is 1. The van der Waals surface area contributed by atoms with Gasteiger partial charge in [0.15, 0.2) is 5.96 Å². The van der Waals surface area contributed by atoms with Gasteiger partial charge in [0.2, 0.25) is 0 Å². The molecule has 1 aromatic heterocycles. The maximum absolute atomic E-state index is 5.64. The number of benzene rings is 1. The Morgan fingerprint density at radius 1 is 1.10 bits per heavy atom. The van der Waals surface area contributed by atoms with Crippen LogP contribution in [0.4, 0.5) is 0 Å². The fraction of sp³-hybridized carbons (Fsp3) is 0.478. The summed E-state index contributed by atoms with van der Waals surface area (Å²) in [6.45, 7) is 5.38. The lowest BCUT2D eigenvalue weighted by Crippen LogP contribution is -2.58. The summed E-state index contributed by atoms with van der Waals surface area (Å²) >= 11 is 0. The highest BCUT2D eigenvalue weighted by Crippen LogP contribution is 2.25. The molecule has 0 bridgehead atoms. The van der Waals surface area contributed by atoms with Crippen molar-refractivity contribution in [1.82, 2.24) is 20.9 Å². The lowest BCUT2D eigenvalue weighted by atomic mass is 9.88. The highest BCUT2D eigenvalue weighted by molar-refractivity contribution is 5.79. The summed E-state index contributed by atoms with van der Waals surface area (Å²) < 4.78 is 5.64. The van der Waals surface area contributed by atoms with Crippen molar-refractivity contribution in [2.24, 2.45) is 4.99 Å². The van der Waals surface area contributed by atoms with E-state index in [1.165, 1.54) is 5.56 Å². The van der Waals surface area contributed by atoms with E-state index in [0.717, 1.165) is 57.2 Å². The molecule has 2 heterocycles. The zero-order valence-electron chi connectivity index (χ0n) is 17.5. The fourth-order valence-corrected chi connectivity index (χ4v) is 3.75. The van der Waals surface area contributed by atoms with Gasteiger partial charge in [-0.15, -0.1) is 0 Å². The Balaban J connectivity index is 1.54. The van der Waals surface area contributed by atoms with Crippen LogP contribution in [0.25, 0.3) is 0 Å². The molecule has 1 aliphatic rings. The van der Waals surface area contributed by atoms with Gasteiger partial charge in [0.25, 0.3) is 0 Å². The maximum Gasteiger partial charge on any atom is 0.191 e. The van der Waals surface area contributed by atoms with Crippen molar-refractivity contribution >= 4 is 5.96 Å². The van der Waals surface area contributed by atoms with Crippen LogP contribution in [-0.2, 0) is 11.2 Å². The van der Waals surface area contributed by atoms with E-state index in [1.807, 2.05) is 31.4 Å². The summed E-state index contributed by atoms with van der Waals surface area (Å²) in [6.07, 6.45) is 4.64. The zero-order valence-corrected chi connectivity index (χ0v) is 17.5. The summed E-state index contributed by atoms with van der Waals surface area (Å²) in [5.74, 6) is 0.820. The van der Waals surface area contributed by atoms with Crippen LogP contribution >= 0.6 is 0 Å². The highest BCUT2D eigenvalue weighted by atomic mass is 16.5. The van der Waals surface area contributed by atoms with Gasteiger partial charge in [0, 0.05) is 63.2 Å². The monoisotopic (exact) mass is 395 g/mol. The van der Waals surface area contributed by atoms with E-state index in [2.05, 4.69) is 63.2 Å². The molecular formula is C23H33N5O. The van der Waals surface area contributed by atoms with E-state index >= 15 is 0 Å². The van der Waals surface area contributed by atoms with Crippen molar-refractivity contribution in [3.05, 3.63) is 66.0 Å². The number of nitrogens with one attached hydrogen (secondary N) is 3. The molecule has 1 unspecified atom stereocenters. The summed E-state index contributed by atoms with van der Waals surface area (Å²) in [4.78, 5) is 8.76. The van der Waals surface area contributed by atoms with Crippen LogP contribution in [0.5, 0.6) is 0 Å². The van der Waals surface area contributed by atoms with Crippen molar-refractivity contribution in [3.63, 3.8) is 0 Å². The molecule has 0 saturated carbocycles. The molecule has 1 saturated heterocycles. The minimum atomic E-state index is -0.0217. The van der Waals surface area contributed by atoms with Gasteiger partial charge >= 0.3 is 0 Å². The van der Waals surface area contributed by atoms with Gasteiger partial charge in [-0.2, -0.15) is 0 Å². The first-order valence-corrected chi connectivity index (χ1v) is 10.5. The van der Waals surface area contributed by atoms with Crippen LogP contribution in [0.3, 0.4) is 0 Å². The van der Waals surface area contributed by atoms with Crippen LogP contribution in [0.15, 0.2) is 59.7 Å². The minimum Gasteiger partial charge on any atom is -0.381 e. The van der Waals surface area contributed by atoms with Gasteiger partial charge in [-0.1, -0.05) is 36.4 Å². The van der Waals surface area contributed by atoms with Crippen LogP contribution in [0.2, 0.25) is 0 Å². The predicted octanol–water partition coefficient (Wildman–Crippen LogP) is 2.69. The largest absolute Gasteiger partial charge is 0.381 e. The van der Waals surface area contributed by atoms with Crippen LogP contribution in [0, 0.1) is 0 Å². The van der Waals surface area contributed by atoms with Crippen LogP contribution in [0.1, 0.15) is 37.1 Å². The molecule has 156 valence electrons. The number of guanidine groups is 1. The first-order valence-electron chi connectivity index (χ1n) is 10.5. The average molecular weight is 396 g/mol. The number of aromatic nitrogens is 1. The second kappa shape index (κ2) is 10.9. The Morgan fingerprint density at radius 3 is 2.55 bits per heavy atom. The van der Waals surface area contributed by atoms with Gasteiger partial charge in [-0.25, -0.2) is 0 Å². The van der Waals surface area contributed by atoms with Crippen molar-refractivity contribution in [2.75, 3.05) is 33.4 Å². The van der Waals surface area contributed by atoms with Crippen LogP contribution < -0.4 is 16.0 Å². The number of rotatable bonds is 8. The van der Waals surface area contributed by atoms with Crippen LogP contribution in [-0.4, -0.2) is 49.8 Å². The molecule has 6 heteroatoms. The molecule has 3 N–H and O–H groups in total. The maximum atomic E-state index is 5.64. The summed E-state index contributed by atoms with van der Waals surface area (Å²) in [7, 11) is 1.81. The van der Waals surface area contributed by atoms with Crippen molar-refractivity contribution < 1.29 is 4.74 Å². The van der Waals surface area contributed by atoms with E-state index in [9.17, 15) is 0 Å². The Kier molecular flexibility index (Phi) is 8.02. The molecule has 6 nitrogen and oxygen atoms in total. The van der Waals surface area contributed by atoms with E-state index in [-0.39, 0.29) is 11.6 Å². The Bertz CT molecular complexity index is 744. The standard InChI is InChI=1S/C23H33N5O/c1-19(20-8-4-3-5-9-20)28-23(12-16-29-17-13-23)18-27-22(24-2)26-15-11-21-10-6-7-14-25-21/h3-10,14,19,28H,11-13,15-18H2,1-2H3,(H2,24,26,27). The lowest BCUT2D eigenvalue weighted by Gasteiger charge is -2.41. The van der Waals surface area contributed by atoms with E-state index < -0.39 is 0 Å². The highest BCUT2D eigenvalue weighted by Gasteiger charge is 2.34. The van der Waals surface area contributed by atoms with Gasteiger partial charge in [-0.05, 0) is 37.5 Å². The molecule has 0 radical (unpaired) electrons. The van der Waals surface area contributed by atoms with Crippen molar-refractivity contribution in [2.45, 2.75) is 37.8 Å². The number of hydrogen-bond donors (Lipinski definition) is 3. The summed E-state index contributed by atoms with van der Waals surface area (Å²) in [5, 5.41) is 10.8. The Hall–Kier alpha value is -2.44. The van der Waals surface area contributed by atoms with Gasteiger partial charge in [0.05, 0.1) is 0 Å². The number of ether oxygens (including phenoxy) is 1. The average Bonchev–Trinajstić information content (AvgIpc) is 2.78. The third-order valence-electron chi connectivity index (χ3n) is 5.49. The molecule has 29 heavy (non-hydrogen) atoms. The molecule has 1 aliphatic heterocycles. The summed E-state index contributed by atoms with van der Waals surface area (Å²) in [6, 6.07) is 16.9. The van der Waals surface area contributed by atoms with Gasteiger partial charge < -0.3 is 20.7 Å². The van der Waals surface area contributed by atoms with E-state index in [1.54, 1.807) is 0 Å². The smallest absolute Gasteiger partial charge is 0.191 e. The molecule has 1 aromatic carbocycles.